The minimum absolute atomic E-state index is 0.140. The number of nitrogens with one attached hydrogen (secondary N) is 1. The fourth-order valence-electron chi connectivity index (χ4n) is 3.68. The van der Waals surface area contributed by atoms with Gasteiger partial charge in [-0.2, -0.15) is 0 Å². The second-order valence-electron chi connectivity index (χ2n) is 8.30. The largest absolute Gasteiger partial charge is 0.487 e. The van der Waals surface area contributed by atoms with Gasteiger partial charge in [-0.05, 0) is 46.6 Å². The van der Waals surface area contributed by atoms with Crippen molar-refractivity contribution < 1.29 is 23.0 Å². The van der Waals surface area contributed by atoms with Crippen molar-refractivity contribution in [3.63, 3.8) is 0 Å². The lowest BCUT2D eigenvalue weighted by atomic mass is 10.2. The Hall–Kier alpha value is -3.31. The molecule has 0 unspecified atom stereocenters. The number of amides is 2. The fourth-order valence-corrected chi connectivity index (χ4v) is 4.12. The van der Waals surface area contributed by atoms with Crippen molar-refractivity contribution in [2.75, 3.05) is 26.3 Å². The van der Waals surface area contributed by atoms with Gasteiger partial charge in [-0.15, -0.1) is 0 Å². The van der Waals surface area contributed by atoms with E-state index in [1.807, 2.05) is 6.07 Å². The molecule has 0 spiro atoms. The van der Waals surface area contributed by atoms with Gasteiger partial charge in [-0.3, -0.25) is 9.78 Å². The Morgan fingerprint density at radius 2 is 1.97 bits per heavy atom. The van der Waals surface area contributed by atoms with Gasteiger partial charge in [0.1, 0.15) is 28.5 Å². The van der Waals surface area contributed by atoms with Crippen molar-refractivity contribution in [2.24, 2.45) is 0 Å². The van der Waals surface area contributed by atoms with Crippen LogP contribution in [0.2, 0.25) is 0 Å². The predicted octanol–water partition coefficient (Wildman–Crippen LogP) is 3.76. The average molecular weight is 563 g/mol. The number of carbonyl (C=O) groups excluding carboxylic acids is 1. The third-order valence-corrected chi connectivity index (χ3v) is 6.49. The number of rotatable bonds is 7. The van der Waals surface area contributed by atoms with E-state index >= 15 is 0 Å². The monoisotopic (exact) mass is 562 g/mol. The van der Waals surface area contributed by atoms with Gasteiger partial charge in [0.15, 0.2) is 0 Å². The molecule has 11 heteroatoms. The average Bonchev–Trinajstić information content (AvgIpc) is 2.88. The number of pyridine rings is 2. The summed E-state index contributed by atoms with van der Waals surface area (Å²) in [6.07, 6.45) is 1.67. The molecule has 0 saturated carbocycles. The lowest BCUT2D eigenvalue weighted by Crippen LogP contribution is -2.45. The maximum Gasteiger partial charge on any atom is 0.317 e. The number of nitrogens with zero attached hydrogens (tertiary/aromatic N) is 3. The van der Waals surface area contributed by atoms with E-state index in [9.17, 15) is 18.4 Å². The highest BCUT2D eigenvalue weighted by molar-refractivity contribution is 9.10. The van der Waals surface area contributed by atoms with Gasteiger partial charge in [0, 0.05) is 49.2 Å². The number of morpholine rings is 1. The van der Waals surface area contributed by atoms with Gasteiger partial charge < -0.3 is 24.3 Å². The summed E-state index contributed by atoms with van der Waals surface area (Å²) in [5, 5.41) is 2.87. The number of benzene rings is 1. The third-order valence-electron chi connectivity index (χ3n) is 5.76. The van der Waals surface area contributed by atoms with Gasteiger partial charge >= 0.3 is 6.03 Å². The molecule has 8 nitrogen and oxygen atoms in total. The topological polar surface area (TPSA) is 85.7 Å². The third kappa shape index (κ3) is 6.27. The maximum atomic E-state index is 13.9. The summed E-state index contributed by atoms with van der Waals surface area (Å²) in [5.74, 6) is -1.13. The first-order chi connectivity index (χ1) is 17.3. The van der Waals surface area contributed by atoms with E-state index in [1.165, 1.54) is 10.6 Å². The predicted molar refractivity (Wildman–Crippen MR) is 132 cm³/mol. The van der Waals surface area contributed by atoms with Gasteiger partial charge in [0.2, 0.25) is 0 Å². The Bertz CT molecular complexity index is 1290. The summed E-state index contributed by atoms with van der Waals surface area (Å²) in [4.78, 5) is 31.3. The van der Waals surface area contributed by atoms with Gasteiger partial charge in [0.25, 0.3) is 5.56 Å². The van der Waals surface area contributed by atoms with Crippen molar-refractivity contribution in [2.45, 2.75) is 26.6 Å². The number of urea groups is 1. The molecule has 0 bridgehead atoms. The molecular weight excluding hydrogens is 538 g/mol. The number of aryl methyl sites for hydroxylation is 1. The van der Waals surface area contributed by atoms with E-state index in [4.69, 9.17) is 9.47 Å². The molecule has 1 saturated heterocycles. The highest BCUT2D eigenvalue weighted by Gasteiger charge is 2.17. The second kappa shape index (κ2) is 11.6. The zero-order valence-electron chi connectivity index (χ0n) is 19.6. The summed E-state index contributed by atoms with van der Waals surface area (Å²) < 4.78 is 39.6. The molecule has 0 atom stereocenters. The van der Waals surface area contributed by atoms with Crippen molar-refractivity contribution in [3.8, 4) is 5.75 Å². The van der Waals surface area contributed by atoms with E-state index in [1.54, 1.807) is 30.2 Å². The van der Waals surface area contributed by atoms with Gasteiger partial charge in [-0.1, -0.05) is 6.07 Å². The number of hydrogen-bond donors (Lipinski definition) is 1. The first-order valence-corrected chi connectivity index (χ1v) is 12.1. The Morgan fingerprint density at radius 1 is 1.19 bits per heavy atom. The quantitative estimate of drug-likeness (QED) is 0.474. The highest BCUT2D eigenvalue weighted by Crippen LogP contribution is 2.24. The molecule has 1 aromatic carbocycles. The molecule has 1 fully saturated rings. The molecule has 0 aliphatic carbocycles. The summed E-state index contributed by atoms with van der Waals surface area (Å²) in [7, 11) is 0. The standard InChI is InChI=1S/C25H25BrF2N4O4/c1-16-10-22(36-15-18-3-4-19(27)11-21(18)28)23(26)24(33)32(16)14-20-5-2-17(12-29-20)13-30-25(34)31-6-8-35-9-7-31/h2-5,10-12H,6-9,13-15H2,1H3,(H,30,34). The fraction of sp³-hybridized carbons (Fsp3) is 0.320. The molecule has 2 aromatic heterocycles. The van der Waals surface area contributed by atoms with Crippen molar-refractivity contribution in [1.82, 2.24) is 19.8 Å². The van der Waals surface area contributed by atoms with Crippen LogP contribution in [-0.2, 0) is 24.4 Å². The molecule has 190 valence electrons. The van der Waals surface area contributed by atoms with Crippen molar-refractivity contribution in [1.29, 1.82) is 0 Å². The van der Waals surface area contributed by atoms with Crippen LogP contribution in [0.3, 0.4) is 0 Å². The first-order valence-electron chi connectivity index (χ1n) is 11.3. The number of ether oxygens (including phenoxy) is 2. The Labute approximate surface area is 215 Å². The molecule has 1 aliphatic rings. The molecule has 4 rings (SSSR count). The van der Waals surface area contributed by atoms with Gasteiger partial charge in [0.05, 0.1) is 25.5 Å². The van der Waals surface area contributed by atoms with Crippen LogP contribution in [0.4, 0.5) is 13.6 Å². The summed E-state index contributed by atoms with van der Waals surface area (Å²) in [5.41, 5.74) is 1.98. The summed E-state index contributed by atoms with van der Waals surface area (Å²) >= 11 is 3.28. The molecule has 1 aliphatic heterocycles. The second-order valence-corrected chi connectivity index (χ2v) is 9.09. The van der Waals surface area contributed by atoms with Crippen LogP contribution in [0.15, 0.2) is 51.9 Å². The zero-order valence-corrected chi connectivity index (χ0v) is 21.2. The highest BCUT2D eigenvalue weighted by atomic mass is 79.9. The lowest BCUT2D eigenvalue weighted by molar-refractivity contribution is 0.0531. The zero-order chi connectivity index (χ0) is 25.7. The minimum atomic E-state index is -0.716. The normalized spacial score (nSPS) is 13.5. The molecular formula is C25H25BrF2N4O4. The van der Waals surface area contributed by atoms with Crippen LogP contribution in [0, 0.1) is 18.6 Å². The molecule has 3 aromatic rings. The van der Waals surface area contributed by atoms with E-state index in [-0.39, 0.29) is 40.5 Å². The summed E-state index contributed by atoms with van der Waals surface area (Å²) in [6, 6.07) is 8.42. The van der Waals surface area contributed by atoms with Crippen LogP contribution in [0.1, 0.15) is 22.5 Å². The van der Waals surface area contributed by atoms with Crippen molar-refractivity contribution >= 4 is 22.0 Å². The smallest absolute Gasteiger partial charge is 0.317 e. The van der Waals surface area contributed by atoms with Crippen LogP contribution in [0.25, 0.3) is 0 Å². The molecule has 0 radical (unpaired) electrons. The number of carbonyl (C=O) groups is 1. The van der Waals surface area contributed by atoms with Crippen LogP contribution in [-0.4, -0.2) is 46.8 Å². The molecule has 1 N–H and O–H groups in total. The number of halogens is 3. The Kier molecular flexibility index (Phi) is 8.32. The maximum absolute atomic E-state index is 13.9. The number of aromatic nitrogens is 2. The minimum Gasteiger partial charge on any atom is -0.487 e. The van der Waals surface area contributed by atoms with E-state index in [2.05, 4.69) is 26.2 Å². The lowest BCUT2D eigenvalue weighted by Gasteiger charge is -2.26. The molecule has 36 heavy (non-hydrogen) atoms. The first kappa shape index (κ1) is 25.8. The van der Waals surface area contributed by atoms with Crippen LogP contribution in [0.5, 0.6) is 5.75 Å². The van der Waals surface area contributed by atoms with Crippen molar-refractivity contribution in [3.05, 3.63) is 91.6 Å². The Morgan fingerprint density at radius 3 is 2.67 bits per heavy atom. The summed E-state index contributed by atoms with van der Waals surface area (Å²) in [6.45, 7) is 4.40. The molecule has 2 amide bonds. The van der Waals surface area contributed by atoms with E-state index in [0.717, 1.165) is 17.7 Å². The van der Waals surface area contributed by atoms with Crippen LogP contribution < -0.4 is 15.6 Å². The van der Waals surface area contributed by atoms with E-state index in [0.29, 0.717) is 44.2 Å². The SMILES string of the molecule is Cc1cc(OCc2ccc(F)cc2F)c(Br)c(=O)n1Cc1ccc(CNC(=O)N2CCOCC2)cn1. The van der Waals surface area contributed by atoms with E-state index < -0.39 is 11.6 Å². The molecule has 3 heterocycles. The number of hydrogen-bond acceptors (Lipinski definition) is 5. The Balaban J connectivity index is 1.38. The van der Waals surface area contributed by atoms with Gasteiger partial charge in [-0.25, -0.2) is 13.6 Å². The van der Waals surface area contributed by atoms with Crippen LogP contribution >= 0.6 is 15.9 Å².